The van der Waals surface area contributed by atoms with Crippen LogP contribution in [0.25, 0.3) is 11.4 Å². The van der Waals surface area contributed by atoms with Crippen LogP contribution < -0.4 is 10.6 Å². The van der Waals surface area contributed by atoms with Crippen LogP contribution in [0, 0.1) is 5.82 Å². The van der Waals surface area contributed by atoms with Crippen LogP contribution in [-0.4, -0.2) is 39.0 Å². The fourth-order valence-electron chi connectivity index (χ4n) is 3.10. The van der Waals surface area contributed by atoms with Gasteiger partial charge in [0, 0.05) is 19.2 Å². The second-order valence-electron chi connectivity index (χ2n) is 6.82. The van der Waals surface area contributed by atoms with E-state index in [0.29, 0.717) is 17.5 Å². The number of thioether (sulfide) groups is 1. The van der Waals surface area contributed by atoms with Crippen LogP contribution in [0.4, 0.5) is 9.18 Å². The zero-order chi connectivity index (χ0) is 20.6. The Morgan fingerprint density at radius 1 is 1.21 bits per heavy atom. The molecule has 3 rings (SSSR count). The Labute approximate surface area is 173 Å². The number of rotatable bonds is 7. The minimum absolute atomic E-state index is 0.0357. The van der Waals surface area contributed by atoms with Gasteiger partial charge in [0.25, 0.3) is 0 Å². The van der Waals surface area contributed by atoms with Crippen LogP contribution in [0.2, 0.25) is 0 Å². The Hall–Kier alpha value is -2.68. The minimum atomic E-state index is -0.489. The summed E-state index contributed by atoms with van der Waals surface area (Å²) in [7, 11) is 1.77. The average molecular weight is 418 g/mol. The summed E-state index contributed by atoms with van der Waals surface area (Å²) in [6.45, 7) is 0.516. The second-order valence-corrected chi connectivity index (χ2v) is 7.77. The fraction of sp³-hybridized carbons (Fsp3) is 0.400. The van der Waals surface area contributed by atoms with Gasteiger partial charge in [-0.1, -0.05) is 23.4 Å². The van der Waals surface area contributed by atoms with E-state index in [1.807, 2.05) is 0 Å². The number of imide groups is 1. The van der Waals surface area contributed by atoms with Gasteiger partial charge in [-0.2, -0.15) is 0 Å². The highest BCUT2D eigenvalue weighted by Crippen LogP contribution is 2.22. The SMILES string of the molecule is Cn1c(SCC(=O)NC(=O)NCCC2=CCCCC2)nnc1-c1ccc(F)cc1. The van der Waals surface area contributed by atoms with Gasteiger partial charge in [0.15, 0.2) is 11.0 Å². The number of hydrogen-bond acceptors (Lipinski definition) is 5. The monoisotopic (exact) mass is 417 g/mol. The van der Waals surface area contributed by atoms with Crippen LogP contribution in [0.5, 0.6) is 0 Å². The highest BCUT2D eigenvalue weighted by atomic mass is 32.2. The predicted octanol–water partition coefficient (Wildman–Crippen LogP) is 3.43. The van der Waals surface area contributed by atoms with E-state index in [1.165, 1.54) is 42.3 Å². The maximum absolute atomic E-state index is 13.1. The molecule has 1 aliphatic carbocycles. The van der Waals surface area contributed by atoms with Gasteiger partial charge in [-0.05, 0) is 56.4 Å². The maximum Gasteiger partial charge on any atom is 0.321 e. The number of nitrogens with zero attached hydrogens (tertiary/aromatic N) is 3. The van der Waals surface area contributed by atoms with E-state index in [1.54, 1.807) is 23.7 Å². The van der Waals surface area contributed by atoms with Crippen molar-refractivity contribution in [3.8, 4) is 11.4 Å². The van der Waals surface area contributed by atoms with Crippen molar-refractivity contribution in [2.75, 3.05) is 12.3 Å². The lowest BCUT2D eigenvalue weighted by Crippen LogP contribution is -2.40. The summed E-state index contributed by atoms with van der Waals surface area (Å²) in [5.74, 6) is -0.122. The summed E-state index contributed by atoms with van der Waals surface area (Å²) in [6, 6.07) is 5.46. The molecule has 2 N–H and O–H groups in total. The van der Waals surface area contributed by atoms with E-state index in [0.717, 1.165) is 24.8 Å². The van der Waals surface area contributed by atoms with Gasteiger partial charge in [-0.25, -0.2) is 9.18 Å². The van der Waals surface area contributed by atoms with Crippen molar-refractivity contribution in [1.29, 1.82) is 0 Å². The van der Waals surface area contributed by atoms with Crippen LogP contribution in [0.3, 0.4) is 0 Å². The molecule has 0 radical (unpaired) electrons. The molecule has 29 heavy (non-hydrogen) atoms. The Balaban J connectivity index is 1.42. The molecule has 0 bridgehead atoms. The number of urea groups is 1. The van der Waals surface area contributed by atoms with E-state index >= 15 is 0 Å². The summed E-state index contributed by atoms with van der Waals surface area (Å²) in [5, 5.41) is 13.7. The van der Waals surface area contributed by atoms with Gasteiger partial charge >= 0.3 is 6.03 Å². The maximum atomic E-state index is 13.1. The van der Waals surface area contributed by atoms with E-state index in [-0.39, 0.29) is 11.6 Å². The molecular weight excluding hydrogens is 393 g/mol. The number of nitrogens with one attached hydrogen (secondary N) is 2. The van der Waals surface area contributed by atoms with Crippen LogP contribution in [0.15, 0.2) is 41.1 Å². The average Bonchev–Trinajstić information content (AvgIpc) is 3.08. The highest BCUT2D eigenvalue weighted by molar-refractivity contribution is 7.99. The van der Waals surface area contributed by atoms with E-state index in [9.17, 15) is 14.0 Å². The number of amides is 3. The summed E-state index contributed by atoms with van der Waals surface area (Å²) < 4.78 is 14.8. The van der Waals surface area contributed by atoms with Crippen molar-refractivity contribution in [1.82, 2.24) is 25.4 Å². The first-order valence-corrected chi connectivity index (χ1v) is 10.5. The first-order chi connectivity index (χ1) is 14.0. The minimum Gasteiger partial charge on any atom is -0.337 e. The third-order valence-electron chi connectivity index (χ3n) is 4.64. The fourth-order valence-corrected chi connectivity index (χ4v) is 3.81. The van der Waals surface area contributed by atoms with Crippen molar-refractivity contribution < 1.29 is 14.0 Å². The summed E-state index contributed by atoms with van der Waals surface area (Å²) in [4.78, 5) is 23.9. The van der Waals surface area contributed by atoms with Gasteiger partial charge in [0.05, 0.1) is 5.75 Å². The third-order valence-corrected chi connectivity index (χ3v) is 5.66. The van der Waals surface area contributed by atoms with E-state index in [4.69, 9.17) is 0 Å². The van der Waals surface area contributed by atoms with Gasteiger partial charge in [-0.15, -0.1) is 10.2 Å². The van der Waals surface area contributed by atoms with E-state index in [2.05, 4.69) is 26.9 Å². The zero-order valence-electron chi connectivity index (χ0n) is 16.3. The molecule has 0 spiro atoms. The largest absolute Gasteiger partial charge is 0.337 e. The summed E-state index contributed by atoms with van der Waals surface area (Å²) in [5.41, 5.74) is 2.10. The molecule has 1 aromatic heterocycles. The first kappa shape index (κ1) is 21.0. The van der Waals surface area contributed by atoms with Crippen molar-refractivity contribution >= 4 is 23.7 Å². The molecule has 9 heteroatoms. The molecule has 0 saturated heterocycles. The third kappa shape index (κ3) is 6.15. The molecule has 1 heterocycles. The molecule has 7 nitrogen and oxygen atoms in total. The lowest BCUT2D eigenvalue weighted by molar-refractivity contribution is -0.117. The topological polar surface area (TPSA) is 88.9 Å². The molecule has 0 aliphatic heterocycles. The molecule has 1 aromatic carbocycles. The smallest absolute Gasteiger partial charge is 0.321 e. The quantitative estimate of drug-likeness (QED) is 0.532. The normalized spacial score (nSPS) is 13.7. The summed E-state index contributed by atoms with van der Waals surface area (Å²) in [6.07, 6.45) is 7.71. The van der Waals surface area contributed by atoms with Crippen LogP contribution in [0.1, 0.15) is 32.1 Å². The number of carbonyl (C=O) groups is 2. The molecule has 3 amide bonds. The summed E-state index contributed by atoms with van der Waals surface area (Å²) >= 11 is 1.18. The highest BCUT2D eigenvalue weighted by Gasteiger charge is 2.14. The van der Waals surface area contributed by atoms with Gasteiger partial charge in [0.2, 0.25) is 5.91 Å². The number of carbonyl (C=O) groups excluding carboxylic acids is 2. The number of hydrogen-bond donors (Lipinski definition) is 2. The van der Waals surface area contributed by atoms with E-state index < -0.39 is 11.9 Å². The Morgan fingerprint density at radius 2 is 2.00 bits per heavy atom. The van der Waals surface area contributed by atoms with Crippen molar-refractivity contribution in [2.45, 2.75) is 37.3 Å². The number of aromatic nitrogens is 3. The van der Waals surface area contributed by atoms with Crippen molar-refractivity contribution in [2.24, 2.45) is 7.05 Å². The number of benzene rings is 1. The van der Waals surface area contributed by atoms with Gasteiger partial charge < -0.3 is 9.88 Å². The first-order valence-electron chi connectivity index (χ1n) is 9.56. The second kappa shape index (κ2) is 10.2. The number of halogens is 1. The lowest BCUT2D eigenvalue weighted by Gasteiger charge is -2.13. The predicted molar refractivity (Wildman–Crippen MR) is 110 cm³/mol. The Kier molecular flexibility index (Phi) is 7.40. The van der Waals surface area contributed by atoms with Gasteiger partial charge in [0.1, 0.15) is 5.82 Å². The molecule has 0 atom stereocenters. The van der Waals surface area contributed by atoms with Gasteiger partial charge in [-0.3, -0.25) is 10.1 Å². The zero-order valence-corrected chi connectivity index (χ0v) is 17.1. The van der Waals surface area contributed by atoms with Crippen molar-refractivity contribution in [3.05, 3.63) is 41.7 Å². The molecule has 0 fully saturated rings. The Bertz CT molecular complexity index is 895. The van der Waals surface area contributed by atoms with Crippen molar-refractivity contribution in [3.63, 3.8) is 0 Å². The van der Waals surface area contributed by atoms with Crippen LogP contribution in [-0.2, 0) is 11.8 Å². The standard InChI is InChI=1S/C20H24FN5O2S/c1-26-18(15-7-9-16(21)10-8-15)24-25-20(26)29-13-17(27)23-19(28)22-12-11-14-5-3-2-4-6-14/h5,7-10H,2-4,6,11-13H2,1H3,(H2,22,23,27,28). The molecular formula is C20H24FN5O2S. The molecule has 0 unspecified atom stereocenters. The number of allylic oxidation sites excluding steroid dienone is 1. The van der Waals surface area contributed by atoms with Crippen LogP contribution >= 0.6 is 11.8 Å². The molecule has 1 aliphatic rings. The molecule has 0 saturated carbocycles. The molecule has 2 aromatic rings. The molecule has 154 valence electrons. The lowest BCUT2D eigenvalue weighted by atomic mass is 9.97. The Morgan fingerprint density at radius 3 is 2.72 bits per heavy atom.